The van der Waals surface area contributed by atoms with Crippen molar-refractivity contribution in [1.82, 2.24) is 10.2 Å². The van der Waals surface area contributed by atoms with Crippen LogP contribution in [-0.4, -0.2) is 43.0 Å². The fourth-order valence-corrected chi connectivity index (χ4v) is 3.94. The molecule has 138 valence electrons. The van der Waals surface area contributed by atoms with Crippen LogP contribution in [0, 0.1) is 0 Å². The summed E-state index contributed by atoms with van der Waals surface area (Å²) in [4.78, 5) is 15.4. The predicted octanol–water partition coefficient (Wildman–Crippen LogP) is 3.41. The molecule has 1 heterocycles. The first-order chi connectivity index (χ1) is 12.3. The number of hydrogen-bond donors (Lipinski definition) is 2. The van der Waals surface area contributed by atoms with E-state index in [1.165, 1.54) is 0 Å². The van der Waals surface area contributed by atoms with Gasteiger partial charge in [-0.05, 0) is 61.5 Å². The zero-order valence-corrected chi connectivity index (χ0v) is 16.4. The first-order valence-electron chi connectivity index (χ1n) is 8.51. The fourth-order valence-electron chi connectivity index (χ4n) is 3.62. The van der Waals surface area contributed by atoms with Crippen LogP contribution in [0.25, 0.3) is 0 Å². The summed E-state index contributed by atoms with van der Waals surface area (Å²) in [6.45, 7) is 1.21. The van der Waals surface area contributed by atoms with Gasteiger partial charge in [0.1, 0.15) is 11.3 Å². The molecule has 0 amide bonds. The largest absolute Gasteiger partial charge is 0.508 e. The van der Waals surface area contributed by atoms with Crippen molar-refractivity contribution < 1.29 is 9.90 Å². The summed E-state index contributed by atoms with van der Waals surface area (Å²) in [7, 11) is 3.87. The Kier molecular flexibility index (Phi) is 5.58. The summed E-state index contributed by atoms with van der Waals surface area (Å²) in [5, 5.41) is 14.3. The van der Waals surface area contributed by atoms with Gasteiger partial charge in [-0.2, -0.15) is 0 Å². The summed E-state index contributed by atoms with van der Waals surface area (Å²) in [6, 6.07) is 10.5. The Morgan fingerprint density at radius 1 is 1.19 bits per heavy atom. The third kappa shape index (κ3) is 3.74. The number of nitrogens with one attached hydrogen (secondary N) is 1. The maximum absolute atomic E-state index is 13.4. The summed E-state index contributed by atoms with van der Waals surface area (Å²) in [5.74, 6) is 0.203. The van der Waals surface area contributed by atoms with E-state index in [-0.39, 0.29) is 18.0 Å². The van der Waals surface area contributed by atoms with E-state index in [2.05, 4.69) is 5.32 Å². The second-order valence-corrected chi connectivity index (χ2v) is 7.82. The maximum atomic E-state index is 13.4. The number of carbonyl (C=O) groups is 1. The average molecular weight is 393 g/mol. The molecule has 0 aliphatic carbocycles. The number of fused-ring (bicyclic) bond motifs is 1. The van der Waals surface area contributed by atoms with Crippen molar-refractivity contribution in [3.8, 4) is 5.75 Å². The number of phenols is 1. The number of aromatic hydroxyl groups is 1. The normalized spacial score (nSPS) is 19.4. The van der Waals surface area contributed by atoms with Gasteiger partial charge in [-0.1, -0.05) is 35.3 Å². The molecule has 1 aliphatic rings. The van der Waals surface area contributed by atoms with Gasteiger partial charge in [-0.15, -0.1) is 0 Å². The molecule has 1 unspecified atom stereocenters. The molecule has 0 saturated heterocycles. The van der Waals surface area contributed by atoms with Gasteiger partial charge in [0.15, 0.2) is 5.78 Å². The minimum atomic E-state index is -0.873. The van der Waals surface area contributed by atoms with Crippen LogP contribution in [0.5, 0.6) is 5.75 Å². The number of rotatable bonds is 5. The van der Waals surface area contributed by atoms with Crippen LogP contribution in [0.15, 0.2) is 36.4 Å². The number of carbonyl (C=O) groups excluding carboxylic acids is 1. The highest BCUT2D eigenvalue weighted by molar-refractivity contribution is 6.42. The molecule has 3 rings (SSSR count). The van der Waals surface area contributed by atoms with E-state index >= 15 is 0 Å². The smallest absolute Gasteiger partial charge is 0.163 e. The average Bonchev–Trinajstić information content (AvgIpc) is 2.58. The second kappa shape index (κ2) is 7.57. The molecule has 6 heteroatoms. The highest BCUT2D eigenvalue weighted by atomic mass is 35.5. The Bertz CT molecular complexity index is 839. The van der Waals surface area contributed by atoms with Gasteiger partial charge < -0.3 is 10.0 Å². The van der Waals surface area contributed by atoms with Crippen molar-refractivity contribution in [3.05, 3.63) is 63.1 Å². The third-order valence-corrected chi connectivity index (χ3v) is 5.49. The lowest BCUT2D eigenvalue weighted by Crippen LogP contribution is -2.58. The molecule has 0 radical (unpaired) electrons. The summed E-state index contributed by atoms with van der Waals surface area (Å²) in [6.07, 6.45) is 1.05. The molecular weight excluding hydrogens is 371 g/mol. The van der Waals surface area contributed by atoms with E-state index in [0.717, 1.165) is 23.1 Å². The lowest BCUT2D eigenvalue weighted by atomic mass is 9.77. The first kappa shape index (κ1) is 19.2. The molecular formula is C20H22Cl2N2O2. The first-order valence-corrected chi connectivity index (χ1v) is 9.27. The molecule has 26 heavy (non-hydrogen) atoms. The predicted molar refractivity (Wildman–Crippen MR) is 105 cm³/mol. The zero-order chi connectivity index (χ0) is 18.9. The van der Waals surface area contributed by atoms with E-state index in [0.29, 0.717) is 23.1 Å². The van der Waals surface area contributed by atoms with E-state index < -0.39 is 5.54 Å². The Morgan fingerprint density at radius 3 is 2.65 bits per heavy atom. The molecule has 0 aromatic heterocycles. The Morgan fingerprint density at radius 2 is 1.96 bits per heavy atom. The number of likely N-dealkylation sites (N-methyl/N-ethyl adjacent to an activating group) is 1. The highest BCUT2D eigenvalue weighted by Gasteiger charge is 2.43. The summed E-state index contributed by atoms with van der Waals surface area (Å²) >= 11 is 12.1. The number of Topliss-reactive ketones (excluding diaryl/α,β-unsaturated/α-hetero) is 1. The SMILES string of the molecule is CN(C)CC1(C(=O)Cc2ccc(Cl)c(Cl)c2)NCCc2ccc(O)cc21. The molecule has 1 atom stereocenters. The number of benzene rings is 2. The molecule has 0 bridgehead atoms. The highest BCUT2D eigenvalue weighted by Crippen LogP contribution is 2.34. The van der Waals surface area contributed by atoms with Gasteiger partial charge in [0.2, 0.25) is 0 Å². The molecule has 0 fully saturated rings. The van der Waals surface area contributed by atoms with Crippen molar-refractivity contribution in [1.29, 1.82) is 0 Å². The monoisotopic (exact) mass is 392 g/mol. The van der Waals surface area contributed by atoms with Gasteiger partial charge >= 0.3 is 0 Å². The van der Waals surface area contributed by atoms with Gasteiger partial charge in [-0.3, -0.25) is 10.1 Å². The molecule has 4 nitrogen and oxygen atoms in total. The molecule has 0 spiro atoms. The minimum Gasteiger partial charge on any atom is -0.508 e. The third-order valence-electron chi connectivity index (χ3n) is 4.75. The van der Waals surface area contributed by atoms with Crippen molar-refractivity contribution in [2.75, 3.05) is 27.2 Å². The van der Waals surface area contributed by atoms with Crippen molar-refractivity contribution in [2.24, 2.45) is 0 Å². The minimum absolute atomic E-state index is 0.0381. The number of ketones is 1. The fraction of sp³-hybridized carbons (Fsp3) is 0.350. The lowest BCUT2D eigenvalue weighted by Gasteiger charge is -2.41. The molecule has 1 aliphatic heterocycles. The van der Waals surface area contributed by atoms with E-state index in [4.69, 9.17) is 23.2 Å². The molecule has 2 N–H and O–H groups in total. The second-order valence-electron chi connectivity index (χ2n) is 7.01. The number of halogens is 2. The van der Waals surface area contributed by atoms with Crippen molar-refractivity contribution in [2.45, 2.75) is 18.4 Å². The topological polar surface area (TPSA) is 52.6 Å². The van der Waals surface area contributed by atoms with Gasteiger partial charge in [0, 0.05) is 19.5 Å². The van der Waals surface area contributed by atoms with Crippen LogP contribution in [0.2, 0.25) is 10.0 Å². The zero-order valence-electron chi connectivity index (χ0n) is 14.9. The van der Waals surface area contributed by atoms with Crippen molar-refractivity contribution in [3.63, 3.8) is 0 Å². The molecule has 0 saturated carbocycles. The Balaban J connectivity index is 2.02. The standard InChI is InChI=1S/C20H22Cl2N2O2/c1-24(2)12-20(16-11-15(25)5-4-14(16)7-8-23-20)19(26)10-13-3-6-17(21)18(22)9-13/h3-6,9,11,23,25H,7-8,10,12H2,1-2H3. The molecule has 2 aromatic carbocycles. The van der Waals surface area contributed by atoms with Crippen LogP contribution in [-0.2, 0) is 23.2 Å². The summed E-state index contributed by atoms with van der Waals surface area (Å²) in [5.41, 5.74) is 1.88. The van der Waals surface area contributed by atoms with E-state index in [9.17, 15) is 9.90 Å². The van der Waals surface area contributed by atoms with Crippen LogP contribution in [0.3, 0.4) is 0 Å². The lowest BCUT2D eigenvalue weighted by molar-refractivity contribution is -0.126. The number of phenolic OH excluding ortho intramolecular Hbond substituents is 1. The van der Waals surface area contributed by atoms with Crippen LogP contribution in [0.4, 0.5) is 0 Å². The Labute approximate surface area is 163 Å². The Hall–Kier alpha value is -1.59. The molecule has 2 aromatic rings. The van der Waals surface area contributed by atoms with Gasteiger partial charge in [0.25, 0.3) is 0 Å². The van der Waals surface area contributed by atoms with E-state index in [1.807, 2.05) is 31.1 Å². The quantitative estimate of drug-likeness (QED) is 0.818. The summed E-state index contributed by atoms with van der Waals surface area (Å²) < 4.78 is 0. The van der Waals surface area contributed by atoms with E-state index in [1.54, 1.807) is 24.3 Å². The number of nitrogens with zero attached hydrogens (tertiary/aromatic N) is 1. The van der Waals surface area contributed by atoms with Gasteiger partial charge in [0.05, 0.1) is 10.0 Å². The maximum Gasteiger partial charge on any atom is 0.163 e. The van der Waals surface area contributed by atoms with Gasteiger partial charge in [-0.25, -0.2) is 0 Å². The van der Waals surface area contributed by atoms with Crippen molar-refractivity contribution >= 4 is 29.0 Å². The number of hydrogen-bond acceptors (Lipinski definition) is 4. The van der Waals surface area contributed by atoms with Crippen LogP contribution < -0.4 is 5.32 Å². The van der Waals surface area contributed by atoms with Crippen LogP contribution >= 0.6 is 23.2 Å². The van der Waals surface area contributed by atoms with Crippen LogP contribution in [0.1, 0.15) is 16.7 Å².